The van der Waals surface area contributed by atoms with Crippen LogP contribution in [0.2, 0.25) is 5.02 Å². The van der Waals surface area contributed by atoms with Gasteiger partial charge in [0, 0.05) is 6.20 Å². The maximum atomic E-state index is 6.14. The lowest BCUT2D eigenvalue weighted by atomic mass is 10.1. The molecule has 18 heavy (non-hydrogen) atoms. The van der Waals surface area contributed by atoms with E-state index in [1.807, 2.05) is 29.6 Å². The fourth-order valence-electron chi connectivity index (χ4n) is 1.76. The van der Waals surface area contributed by atoms with E-state index in [9.17, 15) is 0 Å². The standard InChI is InChI=1S/C12H9ClN4S/c13-7-4-6-18-11(7)10-9(12(14)17-16-10)8-3-1-2-5-15-8/h1-6H,(H3,14,16,17). The number of aromatic nitrogens is 3. The van der Waals surface area contributed by atoms with Crippen molar-refractivity contribution >= 4 is 28.8 Å². The Labute approximate surface area is 112 Å². The van der Waals surface area contributed by atoms with Crippen molar-refractivity contribution in [3.05, 3.63) is 40.9 Å². The van der Waals surface area contributed by atoms with Gasteiger partial charge in [-0.1, -0.05) is 17.7 Å². The summed E-state index contributed by atoms with van der Waals surface area (Å²) in [5.41, 5.74) is 8.29. The van der Waals surface area contributed by atoms with Crippen molar-refractivity contribution < 1.29 is 0 Å². The number of thiophene rings is 1. The number of aromatic amines is 1. The van der Waals surface area contributed by atoms with Gasteiger partial charge in [-0.25, -0.2) is 0 Å². The molecule has 3 aromatic heterocycles. The minimum atomic E-state index is 0.424. The van der Waals surface area contributed by atoms with Gasteiger partial charge >= 0.3 is 0 Å². The molecule has 3 rings (SSSR count). The van der Waals surface area contributed by atoms with Crippen LogP contribution in [-0.2, 0) is 0 Å². The van der Waals surface area contributed by atoms with Crippen molar-refractivity contribution in [3.8, 4) is 21.8 Å². The monoisotopic (exact) mass is 276 g/mol. The van der Waals surface area contributed by atoms with Gasteiger partial charge < -0.3 is 5.73 Å². The average molecular weight is 277 g/mol. The molecule has 3 N–H and O–H groups in total. The van der Waals surface area contributed by atoms with Gasteiger partial charge in [-0.2, -0.15) is 5.10 Å². The van der Waals surface area contributed by atoms with E-state index < -0.39 is 0 Å². The number of hydrogen-bond acceptors (Lipinski definition) is 4. The highest BCUT2D eigenvalue weighted by molar-refractivity contribution is 7.14. The number of rotatable bonds is 2. The van der Waals surface area contributed by atoms with Crippen LogP contribution >= 0.6 is 22.9 Å². The Morgan fingerprint density at radius 2 is 2.17 bits per heavy atom. The Hall–Kier alpha value is -1.85. The Morgan fingerprint density at radius 3 is 2.83 bits per heavy atom. The molecule has 0 unspecified atom stereocenters. The number of nitrogens with zero attached hydrogens (tertiary/aromatic N) is 2. The topological polar surface area (TPSA) is 67.6 Å². The zero-order valence-electron chi connectivity index (χ0n) is 9.22. The Kier molecular flexibility index (Phi) is 2.77. The molecule has 0 aromatic carbocycles. The molecular formula is C12H9ClN4S. The molecule has 0 aliphatic rings. The van der Waals surface area contributed by atoms with Crippen LogP contribution in [0.1, 0.15) is 0 Å². The molecule has 0 atom stereocenters. The van der Waals surface area contributed by atoms with Crippen LogP contribution in [0, 0.1) is 0 Å². The highest BCUT2D eigenvalue weighted by Gasteiger charge is 2.18. The second-order valence-corrected chi connectivity index (χ2v) is 4.99. The van der Waals surface area contributed by atoms with Crippen molar-refractivity contribution in [3.63, 3.8) is 0 Å². The van der Waals surface area contributed by atoms with Gasteiger partial charge in [0.2, 0.25) is 0 Å². The third-order valence-corrected chi connectivity index (χ3v) is 3.92. The van der Waals surface area contributed by atoms with E-state index >= 15 is 0 Å². The molecule has 6 heteroatoms. The van der Waals surface area contributed by atoms with Crippen LogP contribution in [0.15, 0.2) is 35.8 Å². The van der Waals surface area contributed by atoms with E-state index in [2.05, 4.69) is 15.2 Å². The van der Waals surface area contributed by atoms with E-state index in [1.54, 1.807) is 6.20 Å². The Morgan fingerprint density at radius 1 is 1.28 bits per heavy atom. The van der Waals surface area contributed by atoms with Crippen molar-refractivity contribution in [2.75, 3.05) is 5.73 Å². The molecule has 0 amide bonds. The second kappa shape index (κ2) is 4.44. The normalized spacial score (nSPS) is 10.7. The molecule has 0 aliphatic heterocycles. The summed E-state index contributed by atoms with van der Waals surface area (Å²) in [7, 11) is 0. The minimum absolute atomic E-state index is 0.424. The summed E-state index contributed by atoms with van der Waals surface area (Å²) in [5, 5.41) is 9.59. The first-order chi connectivity index (χ1) is 8.77. The fourth-order valence-corrected chi connectivity index (χ4v) is 2.91. The van der Waals surface area contributed by atoms with Crippen LogP contribution in [0.4, 0.5) is 5.82 Å². The van der Waals surface area contributed by atoms with Gasteiger partial charge in [0.25, 0.3) is 0 Å². The quantitative estimate of drug-likeness (QED) is 0.753. The molecule has 0 saturated heterocycles. The number of pyridine rings is 1. The smallest absolute Gasteiger partial charge is 0.155 e. The molecule has 0 bridgehead atoms. The first-order valence-electron chi connectivity index (χ1n) is 5.26. The van der Waals surface area contributed by atoms with Gasteiger partial charge in [-0.05, 0) is 23.6 Å². The average Bonchev–Trinajstić information content (AvgIpc) is 2.96. The maximum absolute atomic E-state index is 6.14. The first-order valence-corrected chi connectivity index (χ1v) is 6.51. The largest absolute Gasteiger partial charge is 0.382 e. The maximum Gasteiger partial charge on any atom is 0.155 e. The molecule has 0 spiro atoms. The SMILES string of the molecule is Nc1n[nH]c(-c2sccc2Cl)c1-c1ccccn1. The van der Waals surface area contributed by atoms with E-state index in [4.69, 9.17) is 17.3 Å². The predicted molar refractivity (Wildman–Crippen MR) is 74.6 cm³/mol. The second-order valence-electron chi connectivity index (χ2n) is 3.67. The number of anilines is 1. The summed E-state index contributed by atoms with van der Waals surface area (Å²) in [5.74, 6) is 0.424. The minimum Gasteiger partial charge on any atom is -0.382 e. The van der Waals surface area contributed by atoms with Crippen LogP contribution in [-0.4, -0.2) is 15.2 Å². The summed E-state index contributed by atoms with van der Waals surface area (Å²) < 4.78 is 0. The zero-order valence-corrected chi connectivity index (χ0v) is 10.8. The van der Waals surface area contributed by atoms with Gasteiger partial charge in [0.1, 0.15) is 0 Å². The highest BCUT2D eigenvalue weighted by Crippen LogP contribution is 2.39. The Bertz CT molecular complexity index is 674. The van der Waals surface area contributed by atoms with Crippen molar-refractivity contribution in [2.24, 2.45) is 0 Å². The number of nitrogen functional groups attached to an aromatic ring is 1. The summed E-state index contributed by atoms with van der Waals surface area (Å²) in [6.45, 7) is 0. The third-order valence-electron chi connectivity index (χ3n) is 2.56. The lowest BCUT2D eigenvalue weighted by Gasteiger charge is -2.02. The highest BCUT2D eigenvalue weighted by atomic mass is 35.5. The number of halogens is 1. The fraction of sp³-hybridized carbons (Fsp3) is 0. The molecule has 90 valence electrons. The van der Waals surface area contributed by atoms with E-state index in [1.165, 1.54) is 11.3 Å². The molecule has 3 heterocycles. The van der Waals surface area contributed by atoms with Crippen LogP contribution in [0.5, 0.6) is 0 Å². The summed E-state index contributed by atoms with van der Waals surface area (Å²) in [6.07, 6.45) is 1.72. The lowest BCUT2D eigenvalue weighted by Crippen LogP contribution is -1.90. The summed E-state index contributed by atoms with van der Waals surface area (Å²) >= 11 is 7.68. The van der Waals surface area contributed by atoms with E-state index in [0.29, 0.717) is 10.8 Å². The first kappa shape index (κ1) is 11.3. The molecule has 0 fully saturated rings. The van der Waals surface area contributed by atoms with Crippen molar-refractivity contribution in [1.29, 1.82) is 0 Å². The zero-order chi connectivity index (χ0) is 12.5. The number of nitrogens with one attached hydrogen (secondary N) is 1. The molecule has 3 aromatic rings. The molecular weight excluding hydrogens is 268 g/mol. The molecule has 0 aliphatic carbocycles. The van der Waals surface area contributed by atoms with Crippen molar-refractivity contribution in [2.45, 2.75) is 0 Å². The molecule has 4 nitrogen and oxygen atoms in total. The molecule has 0 saturated carbocycles. The van der Waals surface area contributed by atoms with Crippen LogP contribution < -0.4 is 5.73 Å². The molecule has 0 radical (unpaired) electrons. The number of H-pyrrole nitrogens is 1. The predicted octanol–water partition coefficient (Wildman–Crippen LogP) is 3.44. The summed E-state index contributed by atoms with van der Waals surface area (Å²) in [4.78, 5) is 5.22. The van der Waals surface area contributed by atoms with Crippen LogP contribution in [0.3, 0.4) is 0 Å². The van der Waals surface area contributed by atoms with E-state index in [-0.39, 0.29) is 0 Å². The van der Waals surface area contributed by atoms with Gasteiger partial charge in [0.15, 0.2) is 5.82 Å². The van der Waals surface area contributed by atoms with Gasteiger partial charge in [-0.15, -0.1) is 11.3 Å². The van der Waals surface area contributed by atoms with Crippen LogP contribution in [0.25, 0.3) is 21.8 Å². The Balaban J connectivity index is 2.22. The van der Waals surface area contributed by atoms with E-state index in [0.717, 1.165) is 21.8 Å². The third kappa shape index (κ3) is 1.77. The van der Waals surface area contributed by atoms with Crippen molar-refractivity contribution in [1.82, 2.24) is 15.2 Å². The number of hydrogen-bond donors (Lipinski definition) is 2. The van der Waals surface area contributed by atoms with Gasteiger partial charge in [-0.3, -0.25) is 10.1 Å². The number of nitrogens with two attached hydrogens (primary N) is 1. The summed E-state index contributed by atoms with van der Waals surface area (Å²) in [6, 6.07) is 7.51. The lowest BCUT2D eigenvalue weighted by molar-refractivity contribution is 1.11. The van der Waals surface area contributed by atoms with Gasteiger partial charge in [0.05, 0.1) is 26.9 Å².